The van der Waals surface area contributed by atoms with Gasteiger partial charge in [-0.15, -0.1) is 0 Å². The zero-order chi connectivity index (χ0) is 18.7. The standard InChI is InChI=1S/C17H24F3N3O2/c1-16(2,15(24)22-12-5-8-23(3)9-6-12)11-25-14-4-7-21-10-13(14)17(18,19)20/h4,7,10,12H,5-6,8-9,11H2,1-3H3,(H,22,24). The third-order valence-corrected chi connectivity index (χ3v) is 4.34. The molecule has 0 unspecified atom stereocenters. The second-order valence-electron chi connectivity index (χ2n) is 7.09. The minimum absolute atomic E-state index is 0.0923. The molecule has 0 radical (unpaired) electrons. The van der Waals surface area contributed by atoms with Gasteiger partial charge in [-0.2, -0.15) is 13.2 Å². The maximum atomic E-state index is 13.0. The molecule has 140 valence electrons. The first kappa shape index (κ1) is 19.5. The molecule has 1 amide bonds. The fourth-order valence-electron chi connectivity index (χ4n) is 2.58. The van der Waals surface area contributed by atoms with Gasteiger partial charge in [0.1, 0.15) is 17.9 Å². The summed E-state index contributed by atoms with van der Waals surface area (Å²) in [4.78, 5) is 18.2. The lowest BCUT2D eigenvalue weighted by molar-refractivity contribution is -0.139. The number of halogens is 3. The van der Waals surface area contributed by atoms with Crippen molar-refractivity contribution in [1.82, 2.24) is 15.2 Å². The first-order valence-corrected chi connectivity index (χ1v) is 8.23. The molecule has 0 saturated carbocycles. The van der Waals surface area contributed by atoms with Crippen LogP contribution in [0.4, 0.5) is 13.2 Å². The third-order valence-electron chi connectivity index (χ3n) is 4.34. The Morgan fingerprint density at radius 3 is 2.60 bits per heavy atom. The van der Waals surface area contributed by atoms with Crippen LogP contribution in [0.2, 0.25) is 0 Å². The number of carbonyl (C=O) groups is 1. The molecule has 2 heterocycles. The van der Waals surface area contributed by atoms with Crippen LogP contribution in [0.1, 0.15) is 32.3 Å². The van der Waals surface area contributed by atoms with E-state index in [0.29, 0.717) is 0 Å². The molecular formula is C17H24F3N3O2. The Morgan fingerprint density at radius 2 is 2.00 bits per heavy atom. The number of hydrogen-bond acceptors (Lipinski definition) is 4. The number of piperidine rings is 1. The largest absolute Gasteiger partial charge is 0.492 e. The van der Waals surface area contributed by atoms with Gasteiger partial charge in [0.2, 0.25) is 5.91 Å². The first-order valence-electron chi connectivity index (χ1n) is 8.23. The summed E-state index contributed by atoms with van der Waals surface area (Å²) in [6.45, 7) is 4.98. The van der Waals surface area contributed by atoms with E-state index in [1.54, 1.807) is 13.8 Å². The van der Waals surface area contributed by atoms with Crippen LogP contribution in [0, 0.1) is 5.41 Å². The van der Waals surface area contributed by atoms with Crippen molar-refractivity contribution in [3.8, 4) is 5.75 Å². The highest BCUT2D eigenvalue weighted by atomic mass is 19.4. The molecule has 5 nitrogen and oxygen atoms in total. The van der Waals surface area contributed by atoms with E-state index >= 15 is 0 Å². The van der Waals surface area contributed by atoms with Crippen molar-refractivity contribution in [3.05, 3.63) is 24.0 Å². The van der Waals surface area contributed by atoms with Gasteiger partial charge < -0.3 is 15.0 Å². The quantitative estimate of drug-likeness (QED) is 0.878. The van der Waals surface area contributed by atoms with Gasteiger partial charge in [0.15, 0.2) is 0 Å². The van der Waals surface area contributed by atoms with E-state index in [0.717, 1.165) is 38.2 Å². The Balaban J connectivity index is 1.96. The number of amides is 1. The van der Waals surface area contributed by atoms with Crippen LogP contribution in [0.15, 0.2) is 18.5 Å². The highest BCUT2D eigenvalue weighted by Crippen LogP contribution is 2.36. The smallest absolute Gasteiger partial charge is 0.421 e. The van der Waals surface area contributed by atoms with Crippen LogP contribution >= 0.6 is 0 Å². The summed E-state index contributed by atoms with van der Waals surface area (Å²) in [5.41, 5.74) is -1.89. The lowest BCUT2D eigenvalue weighted by atomic mass is 9.92. The molecule has 1 aromatic rings. The zero-order valence-electron chi connectivity index (χ0n) is 14.7. The van der Waals surface area contributed by atoms with Gasteiger partial charge >= 0.3 is 6.18 Å². The number of likely N-dealkylation sites (tertiary alicyclic amines) is 1. The molecule has 25 heavy (non-hydrogen) atoms. The molecule has 0 aromatic carbocycles. The SMILES string of the molecule is CN1CCC(NC(=O)C(C)(C)COc2ccncc2C(F)(F)F)CC1. The van der Waals surface area contributed by atoms with Crippen molar-refractivity contribution in [2.24, 2.45) is 5.41 Å². The number of carbonyl (C=O) groups excluding carboxylic acids is 1. The van der Waals surface area contributed by atoms with Gasteiger partial charge in [-0.05, 0) is 52.9 Å². The number of nitrogens with one attached hydrogen (secondary N) is 1. The number of pyridine rings is 1. The van der Waals surface area contributed by atoms with Gasteiger partial charge in [-0.3, -0.25) is 9.78 Å². The summed E-state index contributed by atoms with van der Waals surface area (Å²) < 4.78 is 44.2. The van der Waals surface area contributed by atoms with E-state index in [1.165, 1.54) is 6.20 Å². The fraction of sp³-hybridized carbons (Fsp3) is 0.647. The molecule has 1 aliphatic heterocycles. The lowest BCUT2D eigenvalue weighted by Crippen LogP contribution is -2.49. The van der Waals surface area contributed by atoms with Crippen molar-refractivity contribution in [2.45, 2.75) is 38.9 Å². The zero-order valence-corrected chi connectivity index (χ0v) is 14.7. The Morgan fingerprint density at radius 1 is 1.36 bits per heavy atom. The summed E-state index contributed by atoms with van der Waals surface area (Å²) in [7, 11) is 2.03. The van der Waals surface area contributed by atoms with Crippen molar-refractivity contribution in [1.29, 1.82) is 0 Å². The maximum Gasteiger partial charge on any atom is 0.421 e. The minimum Gasteiger partial charge on any atom is -0.492 e. The van der Waals surface area contributed by atoms with Crippen LogP contribution in [0.3, 0.4) is 0 Å². The second kappa shape index (κ2) is 7.59. The van der Waals surface area contributed by atoms with E-state index in [-0.39, 0.29) is 24.3 Å². The topological polar surface area (TPSA) is 54.5 Å². The predicted octanol–water partition coefficient (Wildman–Crippen LogP) is 2.72. The molecule has 0 atom stereocenters. The summed E-state index contributed by atoms with van der Waals surface area (Å²) in [6, 6.07) is 1.25. The number of aromatic nitrogens is 1. The monoisotopic (exact) mass is 359 g/mol. The number of ether oxygens (including phenoxy) is 1. The van der Waals surface area contributed by atoms with Gasteiger partial charge in [-0.25, -0.2) is 0 Å². The van der Waals surface area contributed by atoms with E-state index in [2.05, 4.69) is 15.2 Å². The molecule has 8 heteroatoms. The minimum atomic E-state index is -4.55. The van der Waals surface area contributed by atoms with Crippen molar-refractivity contribution in [3.63, 3.8) is 0 Å². The molecule has 1 saturated heterocycles. The van der Waals surface area contributed by atoms with Gasteiger partial charge in [0, 0.05) is 18.4 Å². The molecule has 1 aromatic heterocycles. The Bertz CT molecular complexity index is 597. The van der Waals surface area contributed by atoms with Gasteiger partial charge in [0.25, 0.3) is 0 Å². The molecule has 0 aliphatic carbocycles. The van der Waals surface area contributed by atoms with Crippen LogP contribution < -0.4 is 10.1 Å². The van der Waals surface area contributed by atoms with Crippen molar-refractivity contribution >= 4 is 5.91 Å². The van der Waals surface area contributed by atoms with Crippen LogP contribution in [-0.4, -0.2) is 48.6 Å². The molecule has 2 rings (SSSR count). The fourth-order valence-corrected chi connectivity index (χ4v) is 2.58. The van der Waals surface area contributed by atoms with E-state index < -0.39 is 17.2 Å². The summed E-state index contributed by atoms with van der Waals surface area (Å²) in [5, 5.41) is 2.98. The second-order valence-corrected chi connectivity index (χ2v) is 7.09. The average molecular weight is 359 g/mol. The number of alkyl halides is 3. The normalized spacial score (nSPS) is 17.4. The van der Waals surface area contributed by atoms with Crippen molar-refractivity contribution < 1.29 is 22.7 Å². The third kappa shape index (κ3) is 5.32. The molecule has 1 aliphatic rings. The van der Waals surface area contributed by atoms with Crippen LogP contribution in [-0.2, 0) is 11.0 Å². The Hall–Kier alpha value is -1.83. The first-order chi connectivity index (χ1) is 11.6. The highest BCUT2D eigenvalue weighted by Gasteiger charge is 2.36. The van der Waals surface area contributed by atoms with E-state index in [9.17, 15) is 18.0 Å². The summed E-state index contributed by atoms with van der Waals surface area (Å²) >= 11 is 0. The molecule has 1 N–H and O–H groups in total. The Labute approximate surface area is 145 Å². The number of nitrogens with zero attached hydrogens (tertiary/aromatic N) is 2. The number of hydrogen-bond donors (Lipinski definition) is 1. The Kier molecular flexibility index (Phi) is 5.92. The van der Waals surface area contributed by atoms with Gasteiger partial charge in [-0.1, -0.05) is 0 Å². The average Bonchev–Trinajstić information content (AvgIpc) is 2.54. The lowest BCUT2D eigenvalue weighted by Gasteiger charge is -2.32. The predicted molar refractivity (Wildman–Crippen MR) is 87.2 cm³/mol. The summed E-state index contributed by atoms with van der Waals surface area (Å²) in [6.07, 6.45) is -0.870. The molecular weight excluding hydrogens is 335 g/mol. The molecule has 0 bridgehead atoms. The molecule has 1 fully saturated rings. The number of rotatable bonds is 5. The van der Waals surface area contributed by atoms with E-state index in [4.69, 9.17) is 4.74 Å². The maximum absolute atomic E-state index is 13.0. The van der Waals surface area contributed by atoms with Crippen LogP contribution in [0.5, 0.6) is 5.75 Å². The van der Waals surface area contributed by atoms with E-state index in [1.807, 2.05) is 7.05 Å². The van der Waals surface area contributed by atoms with Crippen LogP contribution in [0.25, 0.3) is 0 Å². The van der Waals surface area contributed by atoms with Crippen molar-refractivity contribution in [2.75, 3.05) is 26.7 Å². The molecule has 0 spiro atoms. The summed E-state index contributed by atoms with van der Waals surface area (Å²) in [5.74, 6) is -0.535. The highest BCUT2D eigenvalue weighted by molar-refractivity contribution is 5.82. The van der Waals surface area contributed by atoms with Gasteiger partial charge in [0.05, 0.1) is 5.41 Å².